The van der Waals surface area contributed by atoms with Crippen molar-refractivity contribution in [3.8, 4) is 0 Å². The predicted molar refractivity (Wildman–Crippen MR) is 104 cm³/mol. The molecular formula is C17H25ClN4O3S. The molecule has 0 aliphatic carbocycles. The molecule has 1 heterocycles. The lowest BCUT2D eigenvalue weighted by Crippen LogP contribution is -2.41. The van der Waals surface area contributed by atoms with Crippen molar-refractivity contribution >= 4 is 33.3 Å². The van der Waals surface area contributed by atoms with Crippen LogP contribution in [0.4, 0.5) is 0 Å². The number of hydrogen-bond acceptors (Lipinski definition) is 4. The van der Waals surface area contributed by atoms with Gasteiger partial charge < -0.3 is 15.5 Å². The maximum Gasteiger partial charge on any atom is 0.222 e. The van der Waals surface area contributed by atoms with Crippen LogP contribution in [0, 0.1) is 0 Å². The first-order chi connectivity index (χ1) is 12.3. The molecule has 1 aliphatic rings. The van der Waals surface area contributed by atoms with Crippen LogP contribution in [-0.4, -0.2) is 63.4 Å². The number of sulfone groups is 1. The maximum absolute atomic E-state index is 12.0. The molecule has 7 nitrogen and oxygen atoms in total. The lowest BCUT2D eigenvalue weighted by Gasteiger charge is -2.22. The van der Waals surface area contributed by atoms with E-state index in [1.54, 1.807) is 7.05 Å². The Balaban J connectivity index is 1.74. The molecular weight excluding hydrogens is 376 g/mol. The molecule has 1 amide bonds. The first-order valence-corrected chi connectivity index (χ1v) is 10.6. The third kappa shape index (κ3) is 6.49. The first kappa shape index (κ1) is 20.5. The minimum absolute atomic E-state index is 0.0394. The van der Waals surface area contributed by atoms with E-state index in [9.17, 15) is 13.2 Å². The van der Waals surface area contributed by atoms with Gasteiger partial charge in [0, 0.05) is 44.7 Å². The van der Waals surface area contributed by atoms with Crippen molar-refractivity contribution in [1.82, 2.24) is 15.5 Å². The van der Waals surface area contributed by atoms with Crippen molar-refractivity contribution in [2.45, 2.75) is 25.4 Å². The average Bonchev–Trinajstić information content (AvgIpc) is 2.92. The van der Waals surface area contributed by atoms with Gasteiger partial charge in [0.05, 0.1) is 11.5 Å². The van der Waals surface area contributed by atoms with E-state index in [1.165, 1.54) is 0 Å². The Morgan fingerprint density at radius 1 is 1.35 bits per heavy atom. The Labute approximate surface area is 159 Å². The lowest BCUT2D eigenvalue weighted by atomic mass is 10.2. The van der Waals surface area contributed by atoms with Crippen molar-refractivity contribution in [1.29, 1.82) is 0 Å². The second-order valence-electron chi connectivity index (χ2n) is 6.37. The molecule has 1 fully saturated rings. The maximum atomic E-state index is 12.0. The van der Waals surface area contributed by atoms with Crippen molar-refractivity contribution in [2.24, 2.45) is 4.99 Å². The third-order valence-electron chi connectivity index (χ3n) is 4.14. The van der Waals surface area contributed by atoms with Crippen LogP contribution < -0.4 is 10.6 Å². The van der Waals surface area contributed by atoms with Gasteiger partial charge >= 0.3 is 0 Å². The number of amides is 1. The molecule has 1 aromatic carbocycles. The smallest absolute Gasteiger partial charge is 0.222 e. The highest BCUT2D eigenvalue weighted by molar-refractivity contribution is 7.91. The molecule has 0 spiro atoms. The number of carbonyl (C=O) groups is 1. The fourth-order valence-corrected chi connectivity index (χ4v) is 4.62. The molecule has 1 atom stereocenters. The molecule has 9 heteroatoms. The summed E-state index contributed by atoms with van der Waals surface area (Å²) in [6, 6.07) is 7.33. The minimum Gasteiger partial charge on any atom is -0.356 e. The second-order valence-corrected chi connectivity index (χ2v) is 9.04. The number of hydrogen-bond donors (Lipinski definition) is 2. The molecule has 2 rings (SSSR count). The van der Waals surface area contributed by atoms with E-state index in [-0.39, 0.29) is 29.9 Å². The molecule has 0 radical (unpaired) electrons. The highest BCUT2D eigenvalue weighted by atomic mass is 35.5. The molecule has 2 N–H and O–H groups in total. The Bertz CT molecular complexity index is 750. The Morgan fingerprint density at radius 2 is 2.04 bits per heavy atom. The number of carbonyl (C=O) groups excluding carboxylic acids is 1. The van der Waals surface area contributed by atoms with E-state index >= 15 is 0 Å². The molecule has 1 aliphatic heterocycles. The zero-order valence-corrected chi connectivity index (χ0v) is 16.6. The summed E-state index contributed by atoms with van der Waals surface area (Å²) in [7, 11) is 0.608. The largest absolute Gasteiger partial charge is 0.356 e. The van der Waals surface area contributed by atoms with E-state index in [4.69, 9.17) is 11.6 Å². The van der Waals surface area contributed by atoms with Crippen LogP contribution in [0.2, 0.25) is 5.02 Å². The molecule has 0 aromatic heterocycles. The summed E-state index contributed by atoms with van der Waals surface area (Å²) in [5, 5.41) is 6.61. The summed E-state index contributed by atoms with van der Waals surface area (Å²) in [6.45, 7) is 1.08. The standard InChI is InChI=1S/C17H25ClN4O3S/c1-19-17(22(2)11-13-3-5-14(18)6-4-13)20-9-7-16(23)21-15-8-10-26(24,25)12-15/h3-6,15H,7-12H2,1-2H3,(H,19,20)(H,21,23). The van der Waals surface area contributed by atoms with Gasteiger partial charge in [-0.05, 0) is 24.1 Å². The zero-order chi connectivity index (χ0) is 19.2. The summed E-state index contributed by atoms with van der Waals surface area (Å²) < 4.78 is 22.8. The van der Waals surface area contributed by atoms with Crippen molar-refractivity contribution in [3.05, 3.63) is 34.9 Å². The Morgan fingerprint density at radius 3 is 2.62 bits per heavy atom. The number of guanidine groups is 1. The minimum atomic E-state index is -2.99. The Kier molecular flexibility index (Phi) is 7.28. The van der Waals surface area contributed by atoms with Crippen LogP contribution in [-0.2, 0) is 21.2 Å². The predicted octanol–water partition coefficient (Wildman–Crippen LogP) is 1.04. The number of benzene rings is 1. The normalized spacial score (nSPS) is 19.2. The van der Waals surface area contributed by atoms with Crippen LogP contribution in [0.3, 0.4) is 0 Å². The molecule has 0 bridgehead atoms. The van der Waals surface area contributed by atoms with Gasteiger partial charge in [-0.1, -0.05) is 23.7 Å². The molecule has 144 valence electrons. The topological polar surface area (TPSA) is 90.9 Å². The SMILES string of the molecule is CN=C(NCCC(=O)NC1CCS(=O)(=O)C1)N(C)Cc1ccc(Cl)cc1. The highest BCUT2D eigenvalue weighted by Gasteiger charge is 2.28. The Hall–Kier alpha value is -1.80. The monoisotopic (exact) mass is 400 g/mol. The van der Waals surface area contributed by atoms with E-state index in [1.807, 2.05) is 36.2 Å². The van der Waals surface area contributed by atoms with Crippen LogP contribution in [0.1, 0.15) is 18.4 Å². The molecule has 26 heavy (non-hydrogen) atoms. The zero-order valence-electron chi connectivity index (χ0n) is 15.0. The van der Waals surface area contributed by atoms with E-state index in [0.29, 0.717) is 30.5 Å². The van der Waals surface area contributed by atoms with Crippen LogP contribution >= 0.6 is 11.6 Å². The van der Waals surface area contributed by atoms with Crippen LogP contribution in [0.25, 0.3) is 0 Å². The summed E-state index contributed by atoms with van der Waals surface area (Å²) in [6.07, 6.45) is 0.747. The summed E-state index contributed by atoms with van der Waals surface area (Å²) in [5.74, 6) is 0.710. The number of aliphatic imine (C=N–C) groups is 1. The van der Waals surface area contributed by atoms with Crippen LogP contribution in [0.15, 0.2) is 29.3 Å². The number of halogens is 1. The average molecular weight is 401 g/mol. The molecule has 0 saturated carbocycles. The van der Waals surface area contributed by atoms with Crippen molar-refractivity contribution < 1.29 is 13.2 Å². The third-order valence-corrected chi connectivity index (χ3v) is 6.16. The summed E-state index contributed by atoms with van der Waals surface area (Å²) >= 11 is 5.89. The van der Waals surface area contributed by atoms with E-state index < -0.39 is 9.84 Å². The number of nitrogens with zero attached hydrogens (tertiary/aromatic N) is 2. The fraction of sp³-hybridized carbons (Fsp3) is 0.529. The summed E-state index contributed by atoms with van der Waals surface area (Å²) in [4.78, 5) is 18.1. The van der Waals surface area contributed by atoms with Gasteiger partial charge in [-0.2, -0.15) is 0 Å². The first-order valence-electron chi connectivity index (χ1n) is 8.45. The van der Waals surface area contributed by atoms with Crippen molar-refractivity contribution in [2.75, 3.05) is 32.1 Å². The second kappa shape index (κ2) is 9.23. The van der Waals surface area contributed by atoms with Crippen molar-refractivity contribution in [3.63, 3.8) is 0 Å². The van der Waals surface area contributed by atoms with Crippen LogP contribution in [0.5, 0.6) is 0 Å². The summed E-state index contributed by atoms with van der Waals surface area (Å²) in [5.41, 5.74) is 1.10. The van der Waals surface area contributed by atoms with Gasteiger partial charge in [0.25, 0.3) is 0 Å². The lowest BCUT2D eigenvalue weighted by molar-refractivity contribution is -0.121. The van der Waals surface area contributed by atoms with Gasteiger partial charge in [0.15, 0.2) is 15.8 Å². The number of nitrogens with one attached hydrogen (secondary N) is 2. The molecule has 1 unspecified atom stereocenters. The fourth-order valence-electron chi connectivity index (χ4n) is 2.82. The van der Waals surface area contributed by atoms with Gasteiger partial charge in [0.2, 0.25) is 5.91 Å². The van der Waals surface area contributed by atoms with Gasteiger partial charge in [-0.15, -0.1) is 0 Å². The van der Waals surface area contributed by atoms with E-state index in [0.717, 1.165) is 5.56 Å². The highest BCUT2D eigenvalue weighted by Crippen LogP contribution is 2.12. The quantitative estimate of drug-likeness (QED) is 0.550. The van der Waals surface area contributed by atoms with E-state index in [2.05, 4.69) is 15.6 Å². The molecule has 1 saturated heterocycles. The molecule has 1 aromatic rings. The van der Waals surface area contributed by atoms with Gasteiger partial charge in [-0.25, -0.2) is 8.42 Å². The number of rotatable bonds is 6. The van der Waals surface area contributed by atoms with Gasteiger partial charge in [0.1, 0.15) is 0 Å². The van der Waals surface area contributed by atoms with Gasteiger partial charge in [-0.3, -0.25) is 9.79 Å².